The number of hydrogen-bond donors (Lipinski definition) is 2. The van der Waals surface area contributed by atoms with E-state index in [2.05, 4.69) is 26.5 Å². The van der Waals surface area contributed by atoms with Crippen LogP contribution in [0.5, 0.6) is 5.75 Å². The van der Waals surface area contributed by atoms with Gasteiger partial charge in [0.05, 0.1) is 24.8 Å². The van der Waals surface area contributed by atoms with E-state index in [1.54, 1.807) is 13.2 Å². The van der Waals surface area contributed by atoms with Crippen LogP contribution in [0.2, 0.25) is 0 Å². The van der Waals surface area contributed by atoms with Crippen molar-refractivity contribution in [3.05, 3.63) is 83.9 Å². The average Bonchev–Trinajstić information content (AvgIpc) is 2.93. The second-order valence-electron chi connectivity index (χ2n) is 9.37. The van der Waals surface area contributed by atoms with Gasteiger partial charge >= 0.3 is 0 Å². The molecule has 0 saturated carbocycles. The van der Waals surface area contributed by atoms with Gasteiger partial charge in [0, 0.05) is 43.6 Å². The highest BCUT2D eigenvalue weighted by Crippen LogP contribution is 2.31. The van der Waals surface area contributed by atoms with Crippen molar-refractivity contribution in [2.24, 2.45) is 0 Å². The van der Waals surface area contributed by atoms with Crippen LogP contribution in [-0.2, 0) is 11.2 Å². The Hall–Kier alpha value is -4.00. The molecule has 194 valence electrons. The average molecular weight is 501 g/mol. The van der Waals surface area contributed by atoms with Crippen LogP contribution in [0.15, 0.2) is 72.8 Å². The first-order valence-corrected chi connectivity index (χ1v) is 12.9. The fraction of sp³-hybridized carbons (Fsp3) is 0.333. The number of nitrogens with one attached hydrogen (secondary N) is 2. The molecular formula is C30H36N4O3. The molecule has 1 unspecified atom stereocenters. The van der Waals surface area contributed by atoms with Crippen molar-refractivity contribution < 1.29 is 14.3 Å². The molecule has 0 radical (unpaired) electrons. The highest BCUT2D eigenvalue weighted by Gasteiger charge is 2.24. The second kappa shape index (κ2) is 12.3. The predicted octanol–water partition coefficient (Wildman–Crippen LogP) is 4.73. The van der Waals surface area contributed by atoms with Gasteiger partial charge in [0.15, 0.2) is 0 Å². The lowest BCUT2D eigenvalue weighted by Crippen LogP contribution is -2.47. The van der Waals surface area contributed by atoms with Gasteiger partial charge in [-0.25, -0.2) is 0 Å². The number of carbonyl (C=O) groups is 2. The van der Waals surface area contributed by atoms with Crippen LogP contribution in [0.25, 0.3) is 0 Å². The molecule has 1 fully saturated rings. The molecule has 1 saturated heterocycles. The van der Waals surface area contributed by atoms with E-state index in [1.807, 2.05) is 74.5 Å². The maximum absolute atomic E-state index is 13.3. The molecule has 2 amide bonds. The smallest absolute Gasteiger partial charge is 0.253 e. The summed E-state index contributed by atoms with van der Waals surface area (Å²) in [6, 6.07) is 23.3. The first-order chi connectivity index (χ1) is 18.0. The van der Waals surface area contributed by atoms with E-state index in [9.17, 15) is 9.59 Å². The van der Waals surface area contributed by atoms with E-state index in [1.165, 1.54) is 0 Å². The van der Waals surface area contributed by atoms with Crippen LogP contribution in [0.1, 0.15) is 36.2 Å². The lowest BCUT2D eigenvalue weighted by molar-refractivity contribution is -0.115. The van der Waals surface area contributed by atoms with Crippen LogP contribution in [0.4, 0.5) is 17.1 Å². The highest BCUT2D eigenvalue weighted by molar-refractivity contribution is 6.02. The molecule has 1 atom stereocenters. The molecule has 0 aliphatic carbocycles. The molecule has 0 bridgehead atoms. The first-order valence-electron chi connectivity index (χ1n) is 12.9. The fourth-order valence-electron chi connectivity index (χ4n) is 4.54. The second-order valence-corrected chi connectivity index (χ2v) is 9.37. The molecule has 1 heterocycles. The van der Waals surface area contributed by atoms with Crippen molar-refractivity contribution >= 4 is 28.9 Å². The van der Waals surface area contributed by atoms with E-state index in [0.717, 1.165) is 55.3 Å². The molecule has 0 spiro atoms. The van der Waals surface area contributed by atoms with Crippen LogP contribution >= 0.6 is 0 Å². The summed E-state index contributed by atoms with van der Waals surface area (Å²) in [4.78, 5) is 30.5. The number of methoxy groups -OCH3 is 1. The summed E-state index contributed by atoms with van der Waals surface area (Å²) in [5.74, 6) is 0.619. The summed E-state index contributed by atoms with van der Waals surface area (Å²) in [6.07, 6.45) is 1.12. The van der Waals surface area contributed by atoms with Crippen LogP contribution in [-0.4, -0.2) is 51.1 Å². The maximum Gasteiger partial charge on any atom is 0.253 e. The Balaban J connectivity index is 1.52. The number of ether oxygens (including phenoxy) is 1. The van der Waals surface area contributed by atoms with Crippen LogP contribution in [0, 0.1) is 0 Å². The standard InChI is InChI=1S/C30H36N4O3/c1-4-22(2)31-30(36)25-21-24(32-29(35)20-23-10-6-5-7-11-23)14-15-26(25)33-16-18-34(19-17-33)27-12-8-9-13-28(27)37-3/h5-15,21-22H,4,16-20H2,1-3H3,(H,31,36)(H,32,35). The minimum Gasteiger partial charge on any atom is -0.495 e. The minimum atomic E-state index is -0.129. The molecule has 2 N–H and O–H groups in total. The van der Waals surface area contributed by atoms with Crippen molar-refractivity contribution in [3.8, 4) is 5.75 Å². The Morgan fingerprint density at radius 2 is 1.54 bits per heavy atom. The van der Waals surface area contributed by atoms with Crippen LogP contribution in [0.3, 0.4) is 0 Å². The van der Waals surface area contributed by atoms with Gasteiger partial charge in [-0.15, -0.1) is 0 Å². The lowest BCUT2D eigenvalue weighted by atomic mass is 10.1. The molecule has 4 rings (SSSR count). The summed E-state index contributed by atoms with van der Waals surface area (Å²) in [5, 5.41) is 6.05. The van der Waals surface area contributed by atoms with Gasteiger partial charge in [0.2, 0.25) is 5.91 Å². The summed E-state index contributed by atoms with van der Waals surface area (Å²) >= 11 is 0. The zero-order valence-corrected chi connectivity index (χ0v) is 21.9. The topological polar surface area (TPSA) is 73.9 Å². The third kappa shape index (κ3) is 6.61. The summed E-state index contributed by atoms with van der Waals surface area (Å²) in [5.41, 5.74) is 4.09. The van der Waals surface area contributed by atoms with Gasteiger partial charge < -0.3 is 25.2 Å². The third-order valence-corrected chi connectivity index (χ3v) is 6.77. The summed E-state index contributed by atoms with van der Waals surface area (Å²) in [7, 11) is 1.69. The van der Waals surface area contributed by atoms with Gasteiger partial charge in [0.25, 0.3) is 5.91 Å². The minimum absolute atomic E-state index is 0.0547. The molecule has 7 heteroatoms. The number of anilines is 3. The van der Waals surface area contributed by atoms with Crippen molar-refractivity contribution in [2.75, 3.05) is 48.4 Å². The van der Waals surface area contributed by atoms with Gasteiger partial charge in [0.1, 0.15) is 5.75 Å². The maximum atomic E-state index is 13.3. The van der Waals surface area contributed by atoms with Crippen molar-refractivity contribution in [3.63, 3.8) is 0 Å². The highest BCUT2D eigenvalue weighted by atomic mass is 16.5. The first kappa shape index (κ1) is 26.1. The van der Waals surface area contributed by atoms with Crippen molar-refractivity contribution in [2.45, 2.75) is 32.7 Å². The number of piperazine rings is 1. The number of rotatable bonds is 9. The predicted molar refractivity (Wildman–Crippen MR) is 150 cm³/mol. The number of amides is 2. The molecule has 37 heavy (non-hydrogen) atoms. The monoisotopic (exact) mass is 500 g/mol. The van der Waals surface area contributed by atoms with E-state index in [0.29, 0.717) is 11.3 Å². The zero-order chi connectivity index (χ0) is 26.2. The Kier molecular flexibility index (Phi) is 8.67. The zero-order valence-electron chi connectivity index (χ0n) is 21.9. The van der Waals surface area contributed by atoms with E-state index in [-0.39, 0.29) is 24.3 Å². The fourth-order valence-corrected chi connectivity index (χ4v) is 4.54. The molecular weight excluding hydrogens is 464 g/mol. The number of benzene rings is 3. The van der Waals surface area contributed by atoms with Gasteiger partial charge in [-0.05, 0) is 49.2 Å². The largest absolute Gasteiger partial charge is 0.495 e. The van der Waals surface area contributed by atoms with Crippen LogP contribution < -0.4 is 25.2 Å². The Labute approximate surface area is 219 Å². The SMILES string of the molecule is CCC(C)NC(=O)c1cc(NC(=O)Cc2ccccc2)ccc1N1CCN(c2ccccc2OC)CC1. The molecule has 0 aromatic heterocycles. The van der Waals surface area contributed by atoms with E-state index < -0.39 is 0 Å². The third-order valence-electron chi connectivity index (χ3n) is 6.77. The Bertz CT molecular complexity index is 1210. The van der Waals surface area contributed by atoms with Crippen molar-refractivity contribution in [1.29, 1.82) is 0 Å². The number of hydrogen-bond acceptors (Lipinski definition) is 5. The summed E-state index contributed by atoms with van der Waals surface area (Å²) < 4.78 is 5.55. The molecule has 3 aromatic rings. The Morgan fingerprint density at radius 1 is 0.892 bits per heavy atom. The molecule has 1 aliphatic heterocycles. The lowest BCUT2D eigenvalue weighted by Gasteiger charge is -2.38. The molecule has 1 aliphatic rings. The molecule has 3 aromatic carbocycles. The van der Waals surface area contributed by atoms with Gasteiger partial charge in [-0.2, -0.15) is 0 Å². The van der Waals surface area contributed by atoms with Crippen molar-refractivity contribution in [1.82, 2.24) is 5.32 Å². The number of carbonyl (C=O) groups excluding carboxylic acids is 2. The van der Waals surface area contributed by atoms with E-state index in [4.69, 9.17) is 4.74 Å². The Morgan fingerprint density at radius 3 is 2.22 bits per heavy atom. The number of nitrogens with zero attached hydrogens (tertiary/aromatic N) is 2. The summed E-state index contributed by atoms with van der Waals surface area (Å²) in [6.45, 7) is 7.19. The normalized spacial score (nSPS) is 14.1. The van der Waals surface area contributed by atoms with Gasteiger partial charge in [-0.1, -0.05) is 49.4 Å². The quantitative estimate of drug-likeness (QED) is 0.444. The van der Waals surface area contributed by atoms with E-state index >= 15 is 0 Å². The number of para-hydroxylation sites is 2. The molecule has 7 nitrogen and oxygen atoms in total. The van der Waals surface area contributed by atoms with Gasteiger partial charge in [-0.3, -0.25) is 9.59 Å².